The summed E-state index contributed by atoms with van der Waals surface area (Å²) in [6, 6.07) is -1.15. The molecule has 5 amide bonds. The second kappa shape index (κ2) is 13.4. The van der Waals surface area contributed by atoms with Crippen molar-refractivity contribution in [2.75, 3.05) is 19.1 Å². The Hall–Kier alpha value is -3.43. The molecule has 38 heavy (non-hydrogen) atoms. The van der Waals surface area contributed by atoms with Gasteiger partial charge in [-0.05, 0) is 25.7 Å². The largest absolute Gasteiger partial charge is 0.536 e. The molecule has 0 saturated carbocycles. The van der Waals surface area contributed by atoms with Crippen LogP contribution in [0.15, 0.2) is 0 Å². The number of hydroxylamine groups is 2. The van der Waals surface area contributed by atoms with E-state index in [0.717, 1.165) is 0 Å². The van der Waals surface area contributed by atoms with Gasteiger partial charge in [0.2, 0.25) is 12.7 Å². The lowest BCUT2D eigenvalue weighted by Crippen LogP contribution is -2.39. The van der Waals surface area contributed by atoms with E-state index in [0.29, 0.717) is 50.1 Å². The third kappa shape index (κ3) is 8.29. The van der Waals surface area contributed by atoms with Gasteiger partial charge in [0.05, 0.1) is 23.1 Å². The summed E-state index contributed by atoms with van der Waals surface area (Å²) in [7, 11) is -3.28. The SMILES string of the molecule is O=C(CCCC[C@H]1C2NC(=O)NC2CS1(=O)=O)NCCCCCC(=O)OCOC(=O)ON1C(=O)CCC1=O. The van der Waals surface area contributed by atoms with Gasteiger partial charge in [-0.25, -0.2) is 18.0 Å². The van der Waals surface area contributed by atoms with Gasteiger partial charge in [-0.15, -0.1) is 0 Å². The third-order valence-corrected chi connectivity index (χ3v) is 8.69. The number of hydrogen-bond acceptors (Lipinski definition) is 11. The highest BCUT2D eigenvalue weighted by molar-refractivity contribution is 7.92. The van der Waals surface area contributed by atoms with Gasteiger partial charge in [0.25, 0.3) is 11.8 Å². The van der Waals surface area contributed by atoms with Gasteiger partial charge in [-0.3, -0.25) is 24.0 Å². The van der Waals surface area contributed by atoms with E-state index in [9.17, 15) is 37.2 Å². The number of esters is 1. The summed E-state index contributed by atoms with van der Waals surface area (Å²) in [5.74, 6) is -2.14. The van der Waals surface area contributed by atoms with Crippen molar-refractivity contribution >= 4 is 45.7 Å². The molecular formula is C22H32N4O11S. The maximum Gasteiger partial charge on any atom is 0.536 e. The van der Waals surface area contributed by atoms with Crippen LogP contribution in [0.2, 0.25) is 0 Å². The molecule has 3 aliphatic rings. The first-order valence-electron chi connectivity index (χ1n) is 12.5. The van der Waals surface area contributed by atoms with Crippen LogP contribution >= 0.6 is 0 Å². The first kappa shape index (κ1) is 29.1. The first-order chi connectivity index (χ1) is 18.1. The molecule has 0 bridgehead atoms. The van der Waals surface area contributed by atoms with Gasteiger partial charge < -0.3 is 25.4 Å². The minimum Gasteiger partial charge on any atom is -0.428 e. The Morgan fingerprint density at radius 2 is 1.63 bits per heavy atom. The van der Waals surface area contributed by atoms with Crippen LogP contribution in [-0.2, 0) is 43.3 Å². The van der Waals surface area contributed by atoms with Crippen molar-refractivity contribution in [1.29, 1.82) is 0 Å². The van der Waals surface area contributed by atoms with Crippen LogP contribution in [0.5, 0.6) is 0 Å². The van der Waals surface area contributed by atoms with E-state index < -0.39 is 51.9 Å². The zero-order valence-corrected chi connectivity index (χ0v) is 21.6. The number of carbonyl (C=O) groups excluding carboxylic acids is 6. The van der Waals surface area contributed by atoms with Gasteiger partial charge in [0, 0.05) is 32.2 Å². The summed E-state index contributed by atoms with van der Waals surface area (Å²) in [5.41, 5.74) is 0. The highest BCUT2D eigenvalue weighted by Gasteiger charge is 2.51. The minimum absolute atomic E-state index is 0.0543. The molecule has 212 valence electrons. The normalized spacial score (nSPS) is 23.4. The summed E-state index contributed by atoms with van der Waals surface area (Å²) >= 11 is 0. The Morgan fingerprint density at radius 1 is 0.921 bits per heavy atom. The molecule has 3 N–H and O–H groups in total. The van der Waals surface area contributed by atoms with E-state index >= 15 is 0 Å². The monoisotopic (exact) mass is 560 g/mol. The molecule has 3 fully saturated rings. The summed E-state index contributed by atoms with van der Waals surface area (Å²) in [6.45, 7) is -0.293. The maximum atomic E-state index is 12.3. The van der Waals surface area contributed by atoms with Crippen LogP contribution in [0.3, 0.4) is 0 Å². The van der Waals surface area contributed by atoms with Crippen LogP contribution in [0, 0.1) is 0 Å². The number of sulfone groups is 1. The van der Waals surface area contributed by atoms with E-state index in [1.54, 1.807) is 0 Å². The second-order valence-corrected chi connectivity index (χ2v) is 11.5. The lowest BCUT2D eigenvalue weighted by molar-refractivity contribution is -0.182. The zero-order chi connectivity index (χ0) is 27.7. The molecule has 2 unspecified atom stereocenters. The predicted molar refractivity (Wildman–Crippen MR) is 126 cm³/mol. The van der Waals surface area contributed by atoms with Crippen molar-refractivity contribution in [1.82, 2.24) is 21.0 Å². The van der Waals surface area contributed by atoms with Gasteiger partial charge in [-0.1, -0.05) is 17.9 Å². The van der Waals surface area contributed by atoms with Crippen molar-refractivity contribution < 1.29 is 51.5 Å². The molecule has 0 spiro atoms. The molecule has 16 heteroatoms. The number of nitrogens with one attached hydrogen (secondary N) is 3. The van der Waals surface area contributed by atoms with E-state index in [1.807, 2.05) is 0 Å². The Labute approximate surface area is 219 Å². The number of carbonyl (C=O) groups is 6. The van der Waals surface area contributed by atoms with Crippen LogP contribution in [0.25, 0.3) is 0 Å². The number of hydrogen-bond donors (Lipinski definition) is 3. The highest BCUT2D eigenvalue weighted by atomic mass is 32.2. The van der Waals surface area contributed by atoms with Gasteiger partial charge in [0.1, 0.15) is 0 Å². The summed E-state index contributed by atoms with van der Waals surface area (Å²) in [4.78, 5) is 73.6. The zero-order valence-electron chi connectivity index (χ0n) is 20.8. The van der Waals surface area contributed by atoms with Crippen molar-refractivity contribution in [2.45, 2.75) is 81.5 Å². The van der Waals surface area contributed by atoms with Crippen LogP contribution < -0.4 is 16.0 Å². The fourth-order valence-electron chi connectivity index (χ4n) is 4.50. The average Bonchev–Trinajstić information content (AvgIpc) is 3.43. The number of imide groups is 1. The van der Waals surface area contributed by atoms with Crippen LogP contribution in [0.1, 0.15) is 64.2 Å². The topological polar surface area (TPSA) is 204 Å². The number of nitrogens with zero attached hydrogens (tertiary/aromatic N) is 1. The van der Waals surface area contributed by atoms with Crippen LogP contribution in [0.4, 0.5) is 9.59 Å². The van der Waals surface area contributed by atoms with E-state index in [4.69, 9.17) is 4.74 Å². The molecule has 3 saturated heterocycles. The quantitative estimate of drug-likeness (QED) is 0.0833. The highest BCUT2D eigenvalue weighted by Crippen LogP contribution is 2.28. The Bertz CT molecular complexity index is 1030. The van der Waals surface area contributed by atoms with Crippen molar-refractivity contribution in [2.24, 2.45) is 0 Å². The van der Waals surface area contributed by atoms with Crippen molar-refractivity contribution in [3.63, 3.8) is 0 Å². The first-order valence-corrected chi connectivity index (χ1v) is 14.2. The summed E-state index contributed by atoms with van der Waals surface area (Å²) < 4.78 is 33.8. The lowest BCUT2D eigenvalue weighted by atomic mass is 10.0. The average molecular weight is 561 g/mol. The molecule has 3 heterocycles. The molecule has 0 radical (unpaired) electrons. The Balaban J connectivity index is 1.15. The standard InChI is InChI=1S/C22H32N4O11S/c27-16(7-4-3-6-15-20-14(12-38(15,33)34)24-21(31)25-20)23-11-5-1-2-8-19(30)35-13-36-22(32)37-26-17(28)9-10-18(26)29/h14-15,20H,1-13H2,(H,23,27)(H2,24,25,31)/t14?,15-,20?/m0/s1. The third-order valence-electron chi connectivity index (χ3n) is 6.41. The number of amides is 5. The number of rotatable bonds is 14. The molecule has 15 nitrogen and oxygen atoms in total. The number of fused-ring (bicyclic) bond motifs is 1. The molecule has 3 atom stereocenters. The van der Waals surface area contributed by atoms with Crippen molar-refractivity contribution in [3.05, 3.63) is 0 Å². The fraction of sp³-hybridized carbons (Fsp3) is 0.727. The smallest absolute Gasteiger partial charge is 0.428 e. The summed E-state index contributed by atoms with van der Waals surface area (Å²) in [6.07, 6.45) is 2.11. The molecule has 0 aliphatic carbocycles. The predicted octanol–water partition coefficient (Wildman–Crippen LogP) is -0.212. The van der Waals surface area contributed by atoms with Gasteiger partial charge >= 0.3 is 18.2 Å². The van der Waals surface area contributed by atoms with E-state index in [-0.39, 0.29) is 49.4 Å². The molecule has 0 aromatic rings. The van der Waals surface area contributed by atoms with Gasteiger partial charge in [-0.2, -0.15) is 0 Å². The molecule has 0 aromatic carbocycles. The second-order valence-electron chi connectivity index (χ2n) is 9.23. The Kier molecular flexibility index (Phi) is 10.3. The molecular weight excluding hydrogens is 528 g/mol. The van der Waals surface area contributed by atoms with E-state index in [2.05, 4.69) is 25.5 Å². The molecule has 3 rings (SSSR count). The van der Waals surface area contributed by atoms with E-state index in [1.165, 1.54) is 0 Å². The minimum atomic E-state index is -3.28. The summed E-state index contributed by atoms with van der Waals surface area (Å²) in [5, 5.41) is 7.75. The molecule has 3 aliphatic heterocycles. The Morgan fingerprint density at radius 3 is 2.37 bits per heavy atom. The fourth-order valence-corrected chi connectivity index (χ4v) is 6.77. The van der Waals surface area contributed by atoms with Crippen LogP contribution in [-0.4, -0.2) is 85.8 Å². The lowest BCUT2D eigenvalue weighted by Gasteiger charge is -2.16. The molecule has 0 aromatic heterocycles. The van der Waals surface area contributed by atoms with Gasteiger partial charge in [0.15, 0.2) is 9.84 Å². The maximum absolute atomic E-state index is 12.3. The number of urea groups is 1. The number of ether oxygens (including phenoxy) is 2. The van der Waals surface area contributed by atoms with Crippen molar-refractivity contribution in [3.8, 4) is 0 Å². The number of unbranched alkanes of at least 4 members (excludes halogenated alkanes) is 3.